The highest BCUT2D eigenvalue weighted by Gasteiger charge is 2.13. The predicted molar refractivity (Wildman–Crippen MR) is 116 cm³/mol. The van der Waals surface area contributed by atoms with Gasteiger partial charge in [0.15, 0.2) is 0 Å². The van der Waals surface area contributed by atoms with Crippen molar-refractivity contribution in [2.45, 2.75) is 32.8 Å². The molecular weight excluding hydrogens is 384 g/mol. The number of benzene rings is 2. The number of carbonyl (C=O) groups excluding carboxylic acids is 1. The second-order valence-electron chi connectivity index (χ2n) is 7.68. The molecule has 0 aliphatic carbocycles. The number of nitrogens with one attached hydrogen (secondary N) is 1. The van der Waals surface area contributed by atoms with Crippen LogP contribution in [0.3, 0.4) is 0 Å². The molecule has 6 heteroatoms. The molecule has 0 spiro atoms. The van der Waals surface area contributed by atoms with Gasteiger partial charge in [-0.2, -0.15) is 0 Å². The molecule has 1 aromatic heterocycles. The van der Waals surface area contributed by atoms with Crippen LogP contribution in [0.15, 0.2) is 59.4 Å². The third-order valence-corrected chi connectivity index (χ3v) is 4.98. The Kier molecular flexibility index (Phi) is 6.88. The third-order valence-electron chi connectivity index (χ3n) is 4.34. The summed E-state index contributed by atoms with van der Waals surface area (Å²) in [6, 6.07) is 15.2. The lowest BCUT2D eigenvalue weighted by molar-refractivity contribution is 0.0946. The summed E-state index contributed by atoms with van der Waals surface area (Å²) in [6.07, 6.45) is 0. The van der Waals surface area contributed by atoms with Gasteiger partial charge in [0.1, 0.15) is 24.7 Å². The van der Waals surface area contributed by atoms with Crippen molar-refractivity contribution in [3.8, 4) is 11.5 Å². The molecule has 1 N–H and O–H groups in total. The Morgan fingerprint density at radius 3 is 2.55 bits per heavy atom. The fraction of sp³-hybridized carbons (Fsp3) is 0.304. The monoisotopic (exact) mass is 410 g/mol. The van der Waals surface area contributed by atoms with Gasteiger partial charge in [-0.15, -0.1) is 11.3 Å². The SMILES string of the molecule is CC(C)(C)c1ccc(OCCNC(=O)c2cccc(OCc3cscn3)c2)cc1. The molecule has 29 heavy (non-hydrogen) atoms. The lowest BCUT2D eigenvalue weighted by atomic mass is 9.87. The molecule has 3 rings (SSSR count). The zero-order valence-electron chi connectivity index (χ0n) is 17.0. The molecule has 0 saturated carbocycles. The molecule has 0 aliphatic heterocycles. The summed E-state index contributed by atoms with van der Waals surface area (Å²) in [6.45, 7) is 7.74. The van der Waals surface area contributed by atoms with Crippen LogP contribution in [0.1, 0.15) is 42.4 Å². The van der Waals surface area contributed by atoms with E-state index < -0.39 is 0 Å². The van der Waals surface area contributed by atoms with E-state index in [-0.39, 0.29) is 11.3 Å². The minimum absolute atomic E-state index is 0.116. The number of hydrogen-bond donors (Lipinski definition) is 1. The van der Waals surface area contributed by atoms with Crippen LogP contribution in [0.5, 0.6) is 11.5 Å². The van der Waals surface area contributed by atoms with Crippen molar-refractivity contribution in [2.24, 2.45) is 0 Å². The smallest absolute Gasteiger partial charge is 0.251 e. The lowest BCUT2D eigenvalue weighted by Crippen LogP contribution is -2.28. The van der Waals surface area contributed by atoms with Gasteiger partial charge in [-0.05, 0) is 41.3 Å². The third kappa shape index (κ3) is 6.32. The summed E-state index contributed by atoms with van der Waals surface area (Å²) in [4.78, 5) is 16.5. The van der Waals surface area contributed by atoms with Crippen LogP contribution in [0, 0.1) is 0 Å². The highest BCUT2D eigenvalue weighted by Crippen LogP contribution is 2.24. The highest BCUT2D eigenvalue weighted by molar-refractivity contribution is 7.07. The zero-order chi connectivity index (χ0) is 20.7. The fourth-order valence-corrected chi connectivity index (χ4v) is 3.22. The molecule has 0 atom stereocenters. The Balaban J connectivity index is 1.44. The van der Waals surface area contributed by atoms with E-state index in [9.17, 15) is 4.79 Å². The van der Waals surface area contributed by atoms with Gasteiger partial charge < -0.3 is 14.8 Å². The molecule has 0 unspecified atom stereocenters. The summed E-state index contributed by atoms with van der Waals surface area (Å²) in [5, 5.41) is 4.81. The van der Waals surface area contributed by atoms with Crippen molar-refractivity contribution in [2.75, 3.05) is 13.2 Å². The van der Waals surface area contributed by atoms with E-state index in [1.165, 1.54) is 16.9 Å². The van der Waals surface area contributed by atoms with E-state index >= 15 is 0 Å². The fourth-order valence-electron chi connectivity index (χ4n) is 2.68. The van der Waals surface area contributed by atoms with E-state index in [4.69, 9.17) is 9.47 Å². The molecule has 0 aliphatic rings. The maximum atomic E-state index is 12.4. The van der Waals surface area contributed by atoms with Crippen molar-refractivity contribution < 1.29 is 14.3 Å². The average Bonchev–Trinajstić information content (AvgIpc) is 3.23. The van der Waals surface area contributed by atoms with Crippen molar-refractivity contribution in [1.82, 2.24) is 10.3 Å². The quantitative estimate of drug-likeness (QED) is 0.541. The van der Waals surface area contributed by atoms with E-state index in [1.807, 2.05) is 23.6 Å². The number of hydrogen-bond acceptors (Lipinski definition) is 5. The largest absolute Gasteiger partial charge is 0.492 e. The molecule has 0 radical (unpaired) electrons. The Morgan fingerprint density at radius 1 is 1.07 bits per heavy atom. The second kappa shape index (κ2) is 9.56. The van der Waals surface area contributed by atoms with Gasteiger partial charge in [-0.3, -0.25) is 4.79 Å². The maximum Gasteiger partial charge on any atom is 0.251 e. The van der Waals surface area contributed by atoms with Gasteiger partial charge in [0, 0.05) is 10.9 Å². The van der Waals surface area contributed by atoms with Crippen LogP contribution in [-0.2, 0) is 12.0 Å². The van der Waals surface area contributed by atoms with Gasteiger partial charge in [-0.1, -0.05) is 39.0 Å². The Hall–Kier alpha value is -2.86. The average molecular weight is 411 g/mol. The van der Waals surface area contributed by atoms with Gasteiger partial charge >= 0.3 is 0 Å². The van der Waals surface area contributed by atoms with Crippen molar-refractivity contribution in [1.29, 1.82) is 0 Å². The van der Waals surface area contributed by atoms with Crippen LogP contribution < -0.4 is 14.8 Å². The highest BCUT2D eigenvalue weighted by atomic mass is 32.1. The van der Waals surface area contributed by atoms with Gasteiger partial charge in [0.2, 0.25) is 0 Å². The molecule has 152 valence electrons. The zero-order valence-corrected chi connectivity index (χ0v) is 17.8. The number of aromatic nitrogens is 1. The minimum Gasteiger partial charge on any atom is -0.492 e. The van der Waals surface area contributed by atoms with Gasteiger partial charge in [0.05, 0.1) is 17.7 Å². The molecule has 3 aromatic rings. The summed E-state index contributed by atoms with van der Waals surface area (Å²) in [5.41, 5.74) is 4.57. The number of ether oxygens (including phenoxy) is 2. The molecule has 0 saturated heterocycles. The molecule has 2 aromatic carbocycles. The standard InChI is InChI=1S/C23H26N2O3S/c1-23(2,3)18-7-9-20(10-8-18)27-12-11-24-22(26)17-5-4-6-21(13-17)28-14-19-15-29-16-25-19/h4-10,13,15-16H,11-12,14H2,1-3H3,(H,24,26). The molecular formula is C23H26N2O3S. The number of nitrogens with zero attached hydrogens (tertiary/aromatic N) is 1. The van der Waals surface area contributed by atoms with Crippen molar-refractivity contribution in [3.63, 3.8) is 0 Å². The predicted octanol–water partition coefficient (Wildman–Crippen LogP) is 4.83. The van der Waals surface area contributed by atoms with Gasteiger partial charge in [0.25, 0.3) is 5.91 Å². The minimum atomic E-state index is -0.157. The first-order chi connectivity index (χ1) is 13.9. The topological polar surface area (TPSA) is 60.5 Å². The molecule has 1 amide bonds. The number of rotatable bonds is 8. The first-order valence-corrected chi connectivity index (χ1v) is 10.5. The van der Waals surface area contributed by atoms with E-state index in [0.29, 0.717) is 31.1 Å². The number of amides is 1. The van der Waals surface area contributed by atoms with Crippen LogP contribution in [0.2, 0.25) is 0 Å². The molecule has 1 heterocycles. The number of carbonyl (C=O) groups is 1. The first kappa shape index (κ1) is 20.9. The van der Waals surface area contributed by atoms with E-state index in [1.54, 1.807) is 23.7 Å². The summed E-state index contributed by atoms with van der Waals surface area (Å²) in [5.74, 6) is 1.28. The van der Waals surface area contributed by atoms with Crippen LogP contribution in [0.25, 0.3) is 0 Å². The van der Waals surface area contributed by atoms with Crippen molar-refractivity contribution in [3.05, 3.63) is 76.2 Å². The van der Waals surface area contributed by atoms with E-state index in [0.717, 1.165) is 11.4 Å². The van der Waals surface area contributed by atoms with E-state index in [2.05, 4.69) is 43.2 Å². The Morgan fingerprint density at radius 2 is 1.86 bits per heavy atom. The molecule has 5 nitrogen and oxygen atoms in total. The Labute approximate surface area is 175 Å². The Bertz CT molecular complexity index is 916. The van der Waals surface area contributed by atoms with Crippen LogP contribution in [0.4, 0.5) is 0 Å². The molecule has 0 bridgehead atoms. The van der Waals surface area contributed by atoms with Crippen molar-refractivity contribution >= 4 is 17.2 Å². The van der Waals surface area contributed by atoms with Crippen LogP contribution in [-0.4, -0.2) is 24.0 Å². The summed E-state index contributed by atoms with van der Waals surface area (Å²) in [7, 11) is 0. The normalized spacial score (nSPS) is 11.1. The summed E-state index contributed by atoms with van der Waals surface area (Å²) < 4.78 is 11.4. The van der Waals surface area contributed by atoms with Gasteiger partial charge in [-0.25, -0.2) is 4.98 Å². The number of thiazole rings is 1. The molecule has 0 fully saturated rings. The lowest BCUT2D eigenvalue weighted by Gasteiger charge is -2.19. The maximum absolute atomic E-state index is 12.4. The summed E-state index contributed by atoms with van der Waals surface area (Å²) >= 11 is 1.53. The first-order valence-electron chi connectivity index (χ1n) is 9.53. The van der Waals surface area contributed by atoms with Crippen LogP contribution >= 0.6 is 11.3 Å². The second-order valence-corrected chi connectivity index (χ2v) is 8.39.